The molecule has 0 spiro atoms. The highest BCUT2D eigenvalue weighted by Crippen LogP contribution is 2.32. The van der Waals surface area contributed by atoms with Crippen molar-refractivity contribution in [1.29, 1.82) is 0 Å². The molecule has 2 aliphatic carbocycles. The minimum Gasteiger partial charge on any atom is -0.0838 e. The zero-order valence-corrected chi connectivity index (χ0v) is 12.7. The Bertz CT molecular complexity index is 788. The summed E-state index contributed by atoms with van der Waals surface area (Å²) in [6, 6.07) is 9.29. The quantitative estimate of drug-likeness (QED) is 0.503. The Kier molecular flexibility index (Phi) is 2.85. The predicted molar refractivity (Wildman–Crippen MR) is 90.6 cm³/mol. The second-order valence-corrected chi connectivity index (χ2v) is 6.32. The van der Waals surface area contributed by atoms with Crippen LogP contribution in [0.15, 0.2) is 36.4 Å². The third kappa shape index (κ3) is 2.06. The van der Waals surface area contributed by atoms with Crippen LogP contribution in [0, 0.1) is 13.8 Å². The summed E-state index contributed by atoms with van der Waals surface area (Å²) in [6.07, 6.45) is 12.5. The van der Waals surface area contributed by atoms with Gasteiger partial charge in [-0.25, -0.2) is 0 Å². The second kappa shape index (κ2) is 4.73. The van der Waals surface area contributed by atoms with E-state index in [-0.39, 0.29) is 0 Å². The van der Waals surface area contributed by atoms with Crippen LogP contribution >= 0.6 is 0 Å². The van der Waals surface area contributed by atoms with Crippen molar-refractivity contribution in [2.75, 3.05) is 0 Å². The molecule has 104 valence electrons. The first kappa shape index (κ1) is 12.6. The van der Waals surface area contributed by atoms with Crippen LogP contribution in [0.3, 0.4) is 0 Å². The molecular weight excluding hydrogens is 252 g/mol. The van der Waals surface area contributed by atoms with E-state index in [2.05, 4.69) is 62.4 Å². The van der Waals surface area contributed by atoms with Crippen molar-refractivity contribution in [2.45, 2.75) is 33.1 Å². The molecular formula is C21H20. The van der Waals surface area contributed by atoms with Crippen molar-refractivity contribution in [3.05, 3.63) is 80.9 Å². The van der Waals surface area contributed by atoms with Gasteiger partial charge in [0.2, 0.25) is 0 Å². The van der Waals surface area contributed by atoms with E-state index in [1.54, 1.807) is 0 Å². The van der Waals surface area contributed by atoms with E-state index in [9.17, 15) is 0 Å². The van der Waals surface area contributed by atoms with E-state index >= 15 is 0 Å². The van der Waals surface area contributed by atoms with Crippen LogP contribution in [-0.2, 0) is 19.3 Å². The van der Waals surface area contributed by atoms with Crippen LogP contribution in [0.5, 0.6) is 0 Å². The van der Waals surface area contributed by atoms with Gasteiger partial charge >= 0.3 is 0 Å². The molecule has 2 aromatic rings. The average molecular weight is 272 g/mol. The monoisotopic (exact) mass is 272 g/mol. The summed E-state index contributed by atoms with van der Waals surface area (Å²) in [7, 11) is 0. The van der Waals surface area contributed by atoms with Gasteiger partial charge in [-0.3, -0.25) is 0 Å². The van der Waals surface area contributed by atoms with Crippen LogP contribution in [0.4, 0.5) is 0 Å². The molecule has 21 heavy (non-hydrogen) atoms. The van der Waals surface area contributed by atoms with Crippen molar-refractivity contribution in [1.82, 2.24) is 0 Å². The van der Waals surface area contributed by atoms with Gasteiger partial charge in [0.1, 0.15) is 0 Å². The van der Waals surface area contributed by atoms with E-state index < -0.39 is 0 Å². The minimum absolute atomic E-state index is 1.06. The minimum atomic E-state index is 1.06. The fourth-order valence-electron chi connectivity index (χ4n) is 3.75. The molecule has 0 heterocycles. The number of allylic oxidation sites excluding steroid dienone is 2. The summed E-state index contributed by atoms with van der Waals surface area (Å²) in [5.74, 6) is 0. The Labute approximate surface area is 126 Å². The lowest BCUT2D eigenvalue weighted by Crippen LogP contribution is -2.04. The zero-order chi connectivity index (χ0) is 14.4. The van der Waals surface area contributed by atoms with Crippen LogP contribution in [0.1, 0.15) is 44.5 Å². The maximum atomic E-state index is 2.35. The molecule has 0 aromatic heterocycles. The van der Waals surface area contributed by atoms with Crippen LogP contribution in [0.25, 0.3) is 12.2 Å². The van der Waals surface area contributed by atoms with Crippen molar-refractivity contribution in [3.63, 3.8) is 0 Å². The molecule has 2 aliphatic rings. The highest BCUT2D eigenvalue weighted by atomic mass is 14.2. The molecule has 4 rings (SSSR count). The largest absolute Gasteiger partial charge is 0.0838 e. The predicted octanol–water partition coefficient (Wildman–Crippen LogP) is 5.03. The molecule has 0 saturated heterocycles. The Morgan fingerprint density at radius 1 is 0.810 bits per heavy atom. The fourth-order valence-corrected chi connectivity index (χ4v) is 3.75. The third-order valence-corrected chi connectivity index (χ3v) is 4.82. The summed E-state index contributed by atoms with van der Waals surface area (Å²) >= 11 is 0. The Balaban J connectivity index is 1.91. The number of aryl methyl sites for hydroxylation is 2. The number of rotatable bonds is 0. The van der Waals surface area contributed by atoms with E-state index in [1.807, 2.05) is 0 Å². The Hall–Kier alpha value is -2.08. The highest BCUT2D eigenvalue weighted by molar-refractivity contribution is 5.78. The van der Waals surface area contributed by atoms with Crippen LogP contribution in [-0.4, -0.2) is 0 Å². The van der Waals surface area contributed by atoms with Crippen molar-refractivity contribution >= 4 is 12.2 Å². The maximum Gasteiger partial charge on any atom is -0.00112 e. The zero-order valence-electron chi connectivity index (χ0n) is 12.7. The summed E-state index contributed by atoms with van der Waals surface area (Å²) in [5.41, 5.74) is 11.6. The average Bonchev–Trinajstić information content (AvgIpc) is 2.67. The van der Waals surface area contributed by atoms with Crippen LogP contribution in [0.2, 0.25) is 0 Å². The first-order valence-corrected chi connectivity index (χ1v) is 7.79. The van der Waals surface area contributed by atoms with Gasteiger partial charge in [0.15, 0.2) is 0 Å². The molecule has 0 atom stereocenters. The van der Waals surface area contributed by atoms with E-state index in [0.717, 1.165) is 19.3 Å². The molecule has 0 amide bonds. The lowest BCUT2D eigenvalue weighted by atomic mass is 9.87. The summed E-state index contributed by atoms with van der Waals surface area (Å²) < 4.78 is 0. The molecule has 0 N–H and O–H groups in total. The third-order valence-electron chi connectivity index (χ3n) is 4.82. The van der Waals surface area contributed by atoms with E-state index in [1.165, 1.54) is 44.5 Å². The van der Waals surface area contributed by atoms with Gasteiger partial charge in [0.05, 0.1) is 0 Å². The molecule has 0 unspecified atom stereocenters. The van der Waals surface area contributed by atoms with Crippen LogP contribution < -0.4 is 0 Å². The number of hydrogen-bond donors (Lipinski definition) is 0. The fraction of sp³-hybridized carbons (Fsp3) is 0.238. The van der Waals surface area contributed by atoms with Gasteiger partial charge in [0.25, 0.3) is 0 Å². The Morgan fingerprint density at radius 2 is 1.62 bits per heavy atom. The summed E-state index contributed by atoms with van der Waals surface area (Å²) in [6.45, 7) is 4.43. The molecule has 2 aromatic carbocycles. The molecule has 0 nitrogen and oxygen atoms in total. The second-order valence-electron chi connectivity index (χ2n) is 6.32. The first-order chi connectivity index (χ1) is 10.2. The van der Waals surface area contributed by atoms with Gasteiger partial charge in [-0.1, -0.05) is 54.1 Å². The molecule has 0 bridgehead atoms. The lowest BCUT2D eigenvalue weighted by molar-refractivity contribution is 1.05. The van der Waals surface area contributed by atoms with Crippen molar-refractivity contribution < 1.29 is 0 Å². The normalized spacial score (nSPS) is 15.1. The maximum absolute atomic E-state index is 2.35. The number of hydrogen-bond acceptors (Lipinski definition) is 0. The van der Waals surface area contributed by atoms with Gasteiger partial charge in [-0.2, -0.15) is 0 Å². The number of fused-ring (bicyclic) bond motifs is 4. The first-order valence-electron chi connectivity index (χ1n) is 7.79. The van der Waals surface area contributed by atoms with Gasteiger partial charge in [-0.15, -0.1) is 0 Å². The van der Waals surface area contributed by atoms with E-state index in [0.29, 0.717) is 0 Å². The standard InChI is InChI=1S/C21H20/c1-14-11-15(2)21-13-18-8-7-16-5-3-4-6-19(16)20(18)10-9-17(21)12-14/h3-4,7-12H,5-6,13H2,1-2H3. The van der Waals surface area contributed by atoms with E-state index in [4.69, 9.17) is 0 Å². The van der Waals surface area contributed by atoms with Gasteiger partial charge < -0.3 is 0 Å². The SMILES string of the molecule is Cc1cc(C)c2c(c1)C=Cc1c(ccc3c1CC=CC3)C2. The molecule has 0 saturated carbocycles. The van der Waals surface area contributed by atoms with Crippen molar-refractivity contribution in [2.24, 2.45) is 0 Å². The smallest absolute Gasteiger partial charge is 0.00112 e. The molecule has 0 heteroatoms. The topological polar surface area (TPSA) is 0 Å². The molecule has 0 radical (unpaired) electrons. The highest BCUT2D eigenvalue weighted by Gasteiger charge is 2.17. The van der Waals surface area contributed by atoms with Crippen molar-refractivity contribution in [3.8, 4) is 0 Å². The molecule has 0 fully saturated rings. The lowest BCUT2D eigenvalue weighted by Gasteiger charge is -2.17. The summed E-state index contributed by atoms with van der Waals surface area (Å²) in [5, 5.41) is 0. The van der Waals surface area contributed by atoms with Gasteiger partial charge in [0, 0.05) is 0 Å². The van der Waals surface area contributed by atoms with Gasteiger partial charge in [-0.05, 0) is 72.1 Å². The number of benzene rings is 2. The molecule has 0 aliphatic heterocycles. The Morgan fingerprint density at radius 3 is 2.52 bits per heavy atom. The summed E-state index contributed by atoms with van der Waals surface area (Å²) in [4.78, 5) is 0.